The van der Waals surface area contributed by atoms with Gasteiger partial charge in [0.05, 0.1) is 0 Å². The summed E-state index contributed by atoms with van der Waals surface area (Å²) in [5.74, 6) is 3.06. The highest BCUT2D eigenvalue weighted by molar-refractivity contribution is 7.99. The topological polar surface area (TPSA) is 36.0 Å². The summed E-state index contributed by atoms with van der Waals surface area (Å²) in [5.41, 5.74) is 0.758. The minimum Gasteiger partial charge on any atom is -0.490 e. The van der Waals surface area contributed by atoms with E-state index in [0.29, 0.717) is 0 Å². The van der Waals surface area contributed by atoms with Crippen molar-refractivity contribution in [2.75, 3.05) is 57.8 Å². The molecule has 0 radical (unpaired) electrons. The van der Waals surface area contributed by atoms with Crippen molar-refractivity contribution in [1.29, 1.82) is 0 Å². The number of carbonyl (C=O) groups excluding carboxylic acids is 1. The minimum atomic E-state index is 0.142. The molecular formula is C22H33N3O2S. The summed E-state index contributed by atoms with van der Waals surface area (Å²) in [6.45, 7) is 6.40. The fourth-order valence-electron chi connectivity index (χ4n) is 4.56. The number of hydrogen-bond acceptors (Lipinski definition) is 5. The third kappa shape index (κ3) is 5.02. The molecule has 3 aliphatic rings. The first-order chi connectivity index (χ1) is 13.7. The quantitative estimate of drug-likeness (QED) is 0.773. The molecule has 5 nitrogen and oxygen atoms in total. The highest BCUT2D eigenvalue weighted by Crippen LogP contribution is 2.24. The SMILES string of the molecule is CN1CCC(N2CCC(Oc3cccc(C(=O)N4CCSCC4)c3)CC2)CC1. The van der Waals surface area contributed by atoms with Gasteiger partial charge in [0.1, 0.15) is 11.9 Å². The van der Waals surface area contributed by atoms with Gasteiger partial charge in [-0.3, -0.25) is 4.79 Å². The summed E-state index contributed by atoms with van der Waals surface area (Å²) < 4.78 is 6.28. The van der Waals surface area contributed by atoms with Crippen molar-refractivity contribution in [3.05, 3.63) is 29.8 Å². The molecule has 3 aliphatic heterocycles. The van der Waals surface area contributed by atoms with Gasteiger partial charge in [0.25, 0.3) is 5.91 Å². The van der Waals surface area contributed by atoms with E-state index in [4.69, 9.17) is 4.74 Å². The molecule has 1 aromatic rings. The Morgan fingerprint density at radius 2 is 1.71 bits per heavy atom. The van der Waals surface area contributed by atoms with E-state index in [2.05, 4.69) is 16.8 Å². The number of likely N-dealkylation sites (tertiary alicyclic amines) is 2. The van der Waals surface area contributed by atoms with Crippen molar-refractivity contribution in [2.45, 2.75) is 37.8 Å². The standard InChI is InChI=1S/C22H33N3O2S/c1-23-9-5-19(6-10-23)24-11-7-20(8-12-24)27-21-4-2-3-18(17-21)22(26)25-13-15-28-16-14-25/h2-4,17,19-20H,5-16H2,1H3. The largest absolute Gasteiger partial charge is 0.490 e. The molecule has 1 aromatic carbocycles. The zero-order chi connectivity index (χ0) is 19.3. The van der Waals surface area contributed by atoms with Gasteiger partial charge in [-0.05, 0) is 64.0 Å². The van der Waals surface area contributed by atoms with Crippen LogP contribution in [0.15, 0.2) is 24.3 Å². The van der Waals surface area contributed by atoms with Gasteiger partial charge in [0, 0.05) is 49.3 Å². The van der Waals surface area contributed by atoms with Crippen LogP contribution in [0.1, 0.15) is 36.0 Å². The summed E-state index contributed by atoms with van der Waals surface area (Å²) in [5, 5.41) is 0. The van der Waals surface area contributed by atoms with Gasteiger partial charge in [-0.2, -0.15) is 11.8 Å². The molecule has 4 rings (SSSR count). The van der Waals surface area contributed by atoms with E-state index in [0.717, 1.165) is 67.9 Å². The van der Waals surface area contributed by atoms with Gasteiger partial charge >= 0.3 is 0 Å². The number of piperidine rings is 2. The zero-order valence-electron chi connectivity index (χ0n) is 17.0. The van der Waals surface area contributed by atoms with E-state index in [1.807, 2.05) is 40.9 Å². The summed E-state index contributed by atoms with van der Waals surface area (Å²) in [4.78, 5) is 19.8. The lowest BCUT2D eigenvalue weighted by Crippen LogP contribution is -2.48. The molecule has 0 aliphatic carbocycles. The van der Waals surface area contributed by atoms with E-state index in [1.54, 1.807) is 0 Å². The third-order valence-corrected chi connectivity index (χ3v) is 7.31. The second kappa shape index (κ2) is 9.51. The molecular weight excluding hydrogens is 370 g/mol. The monoisotopic (exact) mass is 403 g/mol. The summed E-state index contributed by atoms with van der Waals surface area (Å²) in [6, 6.07) is 8.55. The Kier molecular flexibility index (Phi) is 6.81. The predicted molar refractivity (Wildman–Crippen MR) is 115 cm³/mol. The number of rotatable bonds is 4. The fraction of sp³-hybridized carbons (Fsp3) is 0.682. The molecule has 0 spiro atoms. The molecule has 3 heterocycles. The molecule has 0 unspecified atom stereocenters. The first-order valence-electron chi connectivity index (χ1n) is 10.8. The molecule has 0 N–H and O–H groups in total. The van der Waals surface area contributed by atoms with Crippen molar-refractivity contribution in [3.63, 3.8) is 0 Å². The molecule has 6 heteroatoms. The number of hydrogen-bond donors (Lipinski definition) is 0. The highest BCUT2D eigenvalue weighted by Gasteiger charge is 2.28. The lowest BCUT2D eigenvalue weighted by molar-refractivity contribution is 0.0524. The lowest BCUT2D eigenvalue weighted by atomic mass is 9.99. The number of thioether (sulfide) groups is 1. The van der Waals surface area contributed by atoms with Gasteiger partial charge in [0.15, 0.2) is 0 Å². The number of benzene rings is 1. The first kappa shape index (κ1) is 20.0. The van der Waals surface area contributed by atoms with Crippen LogP contribution in [0.4, 0.5) is 0 Å². The van der Waals surface area contributed by atoms with Gasteiger partial charge in [-0.25, -0.2) is 0 Å². The first-order valence-corrected chi connectivity index (χ1v) is 11.9. The summed E-state index contributed by atoms with van der Waals surface area (Å²) in [6.07, 6.45) is 5.00. The molecule has 3 fully saturated rings. The van der Waals surface area contributed by atoms with Gasteiger partial charge in [-0.15, -0.1) is 0 Å². The third-order valence-electron chi connectivity index (χ3n) is 6.36. The van der Waals surface area contributed by atoms with Crippen LogP contribution >= 0.6 is 11.8 Å². The van der Waals surface area contributed by atoms with E-state index in [9.17, 15) is 4.79 Å². The predicted octanol–water partition coefficient (Wildman–Crippen LogP) is 2.81. The maximum absolute atomic E-state index is 12.7. The van der Waals surface area contributed by atoms with Crippen LogP contribution < -0.4 is 4.74 Å². The van der Waals surface area contributed by atoms with Crippen LogP contribution in [0.3, 0.4) is 0 Å². The smallest absolute Gasteiger partial charge is 0.254 e. The van der Waals surface area contributed by atoms with Crippen LogP contribution in [0.2, 0.25) is 0 Å². The Balaban J connectivity index is 1.28. The fourth-order valence-corrected chi connectivity index (χ4v) is 5.47. The van der Waals surface area contributed by atoms with Crippen LogP contribution in [-0.4, -0.2) is 90.6 Å². The van der Waals surface area contributed by atoms with Crippen LogP contribution in [0, 0.1) is 0 Å². The second-order valence-electron chi connectivity index (χ2n) is 8.32. The van der Waals surface area contributed by atoms with E-state index in [1.165, 1.54) is 25.9 Å². The maximum atomic E-state index is 12.7. The zero-order valence-corrected chi connectivity index (χ0v) is 17.8. The van der Waals surface area contributed by atoms with E-state index < -0.39 is 0 Å². The number of ether oxygens (including phenoxy) is 1. The van der Waals surface area contributed by atoms with Crippen LogP contribution in [0.5, 0.6) is 5.75 Å². The minimum absolute atomic E-state index is 0.142. The van der Waals surface area contributed by atoms with E-state index in [-0.39, 0.29) is 12.0 Å². The van der Waals surface area contributed by atoms with Gasteiger partial charge < -0.3 is 19.4 Å². The van der Waals surface area contributed by atoms with Gasteiger partial charge in [-0.1, -0.05) is 6.07 Å². The Morgan fingerprint density at radius 1 is 1.00 bits per heavy atom. The molecule has 1 amide bonds. The molecule has 154 valence electrons. The Labute approximate surface area is 173 Å². The van der Waals surface area contributed by atoms with Crippen molar-refractivity contribution in [3.8, 4) is 5.75 Å². The lowest BCUT2D eigenvalue weighted by Gasteiger charge is -2.41. The Morgan fingerprint density at radius 3 is 2.43 bits per heavy atom. The Bertz CT molecular complexity index is 649. The van der Waals surface area contributed by atoms with Crippen molar-refractivity contribution >= 4 is 17.7 Å². The molecule has 3 saturated heterocycles. The maximum Gasteiger partial charge on any atom is 0.254 e. The average Bonchev–Trinajstić information content (AvgIpc) is 2.75. The summed E-state index contributed by atoms with van der Waals surface area (Å²) >= 11 is 1.92. The second-order valence-corrected chi connectivity index (χ2v) is 9.54. The summed E-state index contributed by atoms with van der Waals surface area (Å²) in [7, 11) is 2.22. The highest BCUT2D eigenvalue weighted by atomic mass is 32.2. The average molecular weight is 404 g/mol. The molecule has 0 atom stereocenters. The molecule has 0 aromatic heterocycles. The molecule has 0 saturated carbocycles. The number of amides is 1. The number of nitrogens with zero attached hydrogens (tertiary/aromatic N) is 3. The normalized spacial score (nSPS) is 23.7. The van der Waals surface area contributed by atoms with Crippen molar-refractivity contribution in [2.24, 2.45) is 0 Å². The van der Waals surface area contributed by atoms with Gasteiger partial charge in [0.2, 0.25) is 0 Å². The van der Waals surface area contributed by atoms with Crippen LogP contribution in [0.25, 0.3) is 0 Å². The molecule has 0 bridgehead atoms. The Hall–Kier alpha value is -1.24. The van der Waals surface area contributed by atoms with E-state index >= 15 is 0 Å². The van der Waals surface area contributed by atoms with Crippen molar-refractivity contribution in [1.82, 2.24) is 14.7 Å². The molecule has 28 heavy (non-hydrogen) atoms. The number of carbonyl (C=O) groups is 1. The van der Waals surface area contributed by atoms with Crippen molar-refractivity contribution < 1.29 is 9.53 Å². The van der Waals surface area contributed by atoms with Crippen LogP contribution in [-0.2, 0) is 0 Å².